The Balaban J connectivity index is 2.07. The van der Waals surface area contributed by atoms with Crippen molar-refractivity contribution >= 4 is 5.97 Å². The fraction of sp³-hybridized carbons (Fsp3) is 0.667. The van der Waals surface area contributed by atoms with Crippen LogP contribution in [-0.2, 0) is 14.3 Å². The van der Waals surface area contributed by atoms with Gasteiger partial charge in [0, 0.05) is 11.8 Å². The highest BCUT2D eigenvalue weighted by atomic mass is 16.7. The normalized spacial score (nSPS) is 26.0. The van der Waals surface area contributed by atoms with Crippen molar-refractivity contribution in [3.8, 4) is 5.75 Å². The first kappa shape index (κ1) is 20.9. The molecule has 1 N–H and O–H groups in total. The molecule has 0 spiro atoms. The molecule has 0 radical (unpaired) electrons. The SMILES string of the molecule is Cc1cccc(C)c1OC(=O)[C@H](C)[C@H](O)[C@@H](C)[C@@H]1OC(C)(C)OC[C@@H]1C. The second-order valence-corrected chi connectivity index (χ2v) is 8.05. The van der Waals surface area contributed by atoms with Gasteiger partial charge in [0.25, 0.3) is 0 Å². The lowest BCUT2D eigenvalue weighted by atomic mass is 9.83. The van der Waals surface area contributed by atoms with Crippen LogP contribution < -0.4 is 4.74 Å². The molecule has 5 nitrogen and oxygen atoms in total. The highest BCUT2D eigenvalue weighted by Crippen LogP contribution is 2.33. The van der Waals surface area contributed by atoms with E-state index in [2.05, 4.69) is 0 Å². The molecule has 0 aliphatic carbocycles. The van der Waals surface area contributed by atoms with Gasteiger partial charge < -0.3 is 19.3 Å². The monoisotopic (exact) mass is 364 g/mol. The Morgan fingerprint density at radius 1 is 1.27 bits per heavy atom. The van der Waals surface area contributed by atoms with Gasteiger partial charge >= 0.3 is 5.97 Å². The number of hydrogen-bond donors (Lipinski definition) is 1. The van der Waals surface area contributed by atoms with Crippen LogP contribution in [0.5, 0.6) is 5.75 Å². The minimum Gasteiger partial charge on any atom is -0.426 e. The minimum absolute atomic E-state index is 0.134. The van der Waals surface area contributed by atoms with Crippen molar-refractivity contribution in [3.63, 3.8) is 0 Å². The number of aryl methyl sites for hydroxylation is 2. The van der Waals surface area contributed by atoms with E-state index in [9.17, 15) is 9.90 Å². The van der Waals surface area contributed by atoms with Crippen LogP contribution >= 0.6 is 0 Å². The Bertz CT molecular complexity index is 619. The average Bonchev–Trinajstić information content (AvgIpc) is 2.58. The smallest absolute Gasteiger partial charge is 0.316 e. The predicted molar refractivity (Wildman–Crippen MR) is 100.0 cm³/mol. The standard InChI is InChI=1S/C21H32O5/c1-12-9-8-10-13(2)18(12)25-20(23)16(5)17(22)15(4)19-14(3)11-24-21(6,7)26-19/h8-10,14-17,19,22H,11H2,1-7H3/t14-,15+,16+,17+,19+/m0/s1. The van der Waals surface area contributed by atoms with E-state index in [1.807, 2.05) is 59.7 Å². The molecule has 0 aromatic heterocycles. The summed E-state index contributed by atoms with van der Waals surface area (Å²) < 4.78 is 17.3. The second kappa shape index (κ2) is 8.07. The molecule has 0 amide bonds. The summed E-state index contributed by atoms with van der Waals surface area (Å²) in [4.78, 5) is 12.6. The maximum atomic E-state index is 12.6. The first-order valence-corrected chi connectivity index (χ1v) is 9.31. The van der Waals surface area contributed by atoms with Crippen molar-refractivity contribution in [2.45, 2.75) is 66.5 Å². The third-order valence-electron chi connectivity index (χ3n) is 5.23. The summed E-state index contributed by atoms with van der Waals surface area (Å²) in [5, 5.41) is 10.8. The average molecular weight is 364 g/mol. The third kappa shape index (κ3) is 4.64. The number of para-hydroxylation sites is 1. The van der Waals surface area contributed by atoms with Crippen LogP contribution in [0.25, 0.3) is 0 Å². The number of carbonyl (C=O) groups excluding carboxylic acids is 1. The Hall–Kier alpha value is -1.43. The topological polar surface area (TPSA) is 65.0 Å². The van der Waals surface area contributed by atoms with Gasteiger partial charge in [-0.05, 0) is 45.7 Å². The molecule has 0 bridgehead atoms. The quantitative estimate of drug-likeness (QED) is 0.638. The largest absolute Gasteiger partial charge is 0.426 e. The lowest BCUT2D eigenvalue weighted by Gasteiger charge is -2.44. The molecule has 146 valence electrons. The van der Waals surface area contributed by atoms with Crippen LogP contribution in [-0.4, -0.2) is 35.7 Å². The zero-order valence-electron chi connectivity index (χ0n) is 16.9. The van der Waals surface area contributed by atoms with Gasteiger partial charge in [0.05, 0.1) is 24.7 Å². The van der Waals surface area contributed by atoms with E-state index in [0.29, 0.717) is 12.4 Å². The van der Waals surface area contributed by atoms with Crippen LogP contribution in [0.1, 0.15) is 45.7 Å². The van der Waals surface area contributed by atoms with Crippen LogP contribution in [0, 0.1) is 31.6 Å². The Kier molecular flexibility index (Phi) is 6.48. The van der Waals surface area contributed by atoms with Gasteiger partial charge in [-0.3, -0.25) is 4.79 Å². The Morgan fingerprint density at radius 3 is 2.42 bits per heavy atom. The van der Waals surface area contributed by atoms with E-state index in [0.717, 1.165) is 11.1 Å². The molecule has 0 saturated carbocycles. The number of ether oxygens (including phenoxy) is 3. The number of rotatable bonds is 5. The van der Waals surface area contributed by atoms with Crippen LogP contribution in [0.4, 0.5) is 0 Å². The minimum atomic E-state index is -0.867. The molecular formula is C21H32O5. The lowest BCUT2D eigenvalue weighted by molar-refractivity contribution is -0.304. The Morgan fingerprint density at radius 2 is 1.85 bits per heavy atom. The number of esters is 1. The van der Waals surface area contributed by atoms with Gasteiger partial charge in [-0.15, -0.1) is 0 Å². The first-order chi connectivity index (χ1) is 12.0. The maximum Gasteiger partial charge on any atom is 0.316 e. The fourth-order valence-corrected chi connectivity index (χ4v) is 3.47. The summed E-state index contributed by atoms with van der Waals surface area (Å²) in [5.41, 5.74) is 1.80. The number of aliphatic hydroxyl groups is 1. The predicted octanol–water partition coefficient (Wildman–Crippen LogP) is 3.63. The van der Waals surface area contributed by atoms with Gasteiger partial charge in [-0.1, -0.05) is 32.0 Å². The van der Waals surface area contributed by atoms with Crippen LogP contribution in [0.15, 0.2) is 18.2 Å². The van der Waals surface area contributed by atoms with E-state index in [1.165, 1.54) is 0 Å². The number of aliphatic hydroxyl groups excluding tert-OH is 1. The summed E-state index contributed by atoms with van der Waals surface area (Å²) in [6, 6.07) is 5.73. The van der Waals surface area contributed by atoms with Gasteiger partial charge in [-0.2, -0.15) is 0 Å². The van der Waals surface area contributed by atoms with Crippen molar-refractivity contribution in [2.24, 2.45) is 17.8 Å². The fourth-order valence-electron chi connectivity index (χ4n) is 3.47. The van der Waals surface area contributed by atoms with Gasteiger partial charge in [0.1, 0.15) is 5.75 Å². The van der Waals surface area contributed by atoms with Crippen molar-refractivity contribution in [1.29, 1.82) is 0 Å². The maximum absolute atomic E-state index is 12.6. The highest BCUT2D eigenvalue weighted by molar-refractivity contribution is 5.76. The van der Waals surface area contributed by atoms with Crippen LogP contribution in [0.3, 0.4) is 0 Å². The van der Waals surface area contributed by atoms with E-state index < -0.39 is 23.8 Å². The molecule has 1 aromatic carbocycles. The molecule has 1 aliphatic heterocycles. The highest BCUT2D eigenvalue weighted by Gasteiger charge is 2.42. The molecule has 5 atom stereocenters. The zero-order chi connectivity index (χ0) is 19.6. The number of carbonyl (C=O) groups is 1. The number of benzene rings is 1. The second-order valence-electron chi connectivity index (χ2n) is 8.05. The van der Waals surface area contributed by atoms with E-state index in [-0.39, 0.29) is 17.9 Å². The molecule has 1 aliphatic rings. The van der Waals surface area contributed by atoms with Gasteiger partial charge in [-0.25, -0.2) is 0 Å². The Labute approximate surface area is 156 Å². The van der Waals surface area contributed by atoms with Crippen molar-refractivity contribution in [1.82, 2.24) is 0 Å². The molecule has 26 heavy (non-hydrogen) atoms. The van der Waals surface area contributed by atoms with E-state index in [1.54, 1.807) is 6.92 Å². The van der Waals surface area contributed by atoms with E-state index in [4.69, 9.17) is 14.2 Å². The lowest BCUT2D eigenvalue weighted by Crippen LogP contribution is -2.51. The molecule has 1 saturated heterocycles. The van der Waals surface area contributed by atoms with Crippen LogP contribution in [0.2, 0.25) is 0 Å². The third-order valence-corrected chi connectivity index (χ3v) is 5.23. The van der Waals surface area contributed by atoms with Gasteiger partial charge in [0.2, 0.25) is 0 Å². The first-order valence-electron chi connectivity index (χ1n) is 9.31. The molecule has 2 rings (SSSR count). The molecule has 5 heteroatoms. The van der Waals surface area contributed by atoms with Crippen molar-refractivity contribution < 1.29 is 24.1 Å². The molecule has 0 unspecified atom stereocenters. The summed E-state index contributed by atoms with van der Waals surface area (Å²) in [7, 11) is 0. The van der Waals surface area contributed by atoms with Gasteiger partial charge in [0.15, 0.2) is 5.79 Å². The number of hydrogen-bond acceptors (Lipinski definition) is 5. The molecule has 1 aromatic rings. The van der Waals surface area contributed by atoms with Crippen molar-refractivity contribution in [3.05, 3.63) is 29.3 Å². The van der Waals surface area contributed by atoms with E-state index >= 15 is 0 Å². The molecule has 1 heterocycles. The molecule has 1 fully saturated rings. The summed E-state index contributed by atoms with van der Waals surface area (Å²) in [6.07, 6.45) is -1.06. The zero-order valence-corrected chi connectivity index (χ0v) is 16.9. The van der Waals surface area contributed by atoms with Crippen molar-refractivity contribution in [2.75, 3.05) is 6.61 Å². The summed E-state index contributed by atoms with van der Waals surface area (Å²) in [5.74, 6) is -1.30. The molecular weight excluding hydrogens is 332 g/mol. The summed E-state index contributed by atoms with van der Waals surface area (Å²) >= 11 is 0. The summed E-state index contributed by atoms with van der Waals surface area (Å²) in [6.45, 7) is 13.7.